The number of carboxylic acid groups (broad SMARTS) is 1. The number of para-hydroxylation sites is 1. The third-order valence-corrected chi connectivity index (χ3v) is 5.19. The fourth-order valence-electron chi connectivity index (χ4n) is 2.90. The van der Waals surface area contributed by atoms with Crippen molar-refractivity contribution in [3.8, 4) is 5.75 Å². The predicted octanol–water partition coefficient (Wildman–Crippen LogP) is 1.63. The first-order valence-electron chi connectivity index (χ1n) is 9.09. The van der Waals surface area contributed by atoms with Crippen molar-refractivity contribution < 1.29 is 24.2 Å². The number of hydrogen-bond donors (Lipinski definition) is 2. The van der Waals surface area contributed by atoms with Crippen LogP contribution in [0.3, 0.4) is 0 Å². The molecule has 27 heavy (non-hydrogen) atoms. The Labute approximate surface area is 163 Å². The largest absolute Gasteiger partial charge is 0.493 e. The van der Waals surface area contributed by atoms with Crippen molar-refractivity contribution in [2.45, 2.75) is 19.3 Å². The van der Waals surface area contributed by atoms with Crippen molar-refractivity contribution in [3.63, 3.8) is 0 Å². The third-order valence-electron chi connectivity index (χ3n) is 4.24. The highest BCUT2D eigenvalue weighted by Gasteiger charge is 2.28. The molecule has 2 rings (SSSR count). The number of likely N-dealkylation sites (tertiary alicyclic amines) is 1. The number of amides is 2. The Hall–Kier alpha value is -2.22. The molecule has 0 bridgehead atoms. The first-order chi connectivity index (χ1) is 13.1. The van der Waals surface area contributed by atoms with Gasteiger partial charge in [-0.05, 0) is 25.0 Å². The minimum absolute atomic E-state index is 0.000412. The molecular formula is C19H26N2O5S. The molecule has 1 fully saturated rings. The van der Waals surface area contributed by atoms with Crippen LogP contribution in [0.1, 0.15) is 19.3 Å². The molecule has 1 heterocycles. The van der Waals surface area contributed by atoms with E-state index in [-0.39, 0.29) is 29.9 Å². The van der Waals surface area contributed by atoms with Crippen LogP contribution in [0, 0.1) is 5.92 Å². The van der Waals surface area contributed by atoms with E-state index in [0.717, 1.165) is 18.6 Å². The van der Waals surface area contributed by atoms with Gasteiger partial charge < -0.3 is 20.1 Å². The zero-order valence-corrected chi connectivity index (χ0v) is 16.1. The van der Waals surface area contributed by atoms with Gasteiger partial charge in [-0.25, -0.2) is 0 Å². The van der Waals surface area contributed by atoms with Gasteiger partial charge in [0, 0.05) is 25.4 Å². The van der Waals surface area contributed by atoms with Crippen LogP contribution in [-0.2, 0) is 14.4 Å². The fourth-order valence-corrected chi connectivity index (χ4v) is 3.46. The number of aliphatic carboxylic acids is 1. The van der Waals surface area contributed by atoms with Crippen molar-refractivity contribution >= 4 is 29.5 Å². The molecule has 0 aliphatic carbocycles. The number of carboxylic acids is 1. The maximum absolute atomic E-state index is 12.4. The highest BCUT2D eigenvalue weighted by Crippen LogP contribution is 2.18. The van der Waals surface area contributed by atoms with Gasteiger partial charge >= 0.3 is 5.97 Å². The lowest BCUT2D eigenvalue weighted by Crippen LogP contribution is -2.46. The van der Waals surface area contributed by atoms with E-state index >= 15 is 0 Å². The SMILES string of the molecule is O=C(O)CSCCNC(=O)C1CCCN(C(=O)CCOc2ccccc2)C1. The third kappa shape index (κ3) is 7.90. The lowest BCUT2D eigenvalue weighted by Gasteiger charge is -2.32. The quantitative estimate of drug-likeness (QED) is 0.586. The molecule has 0 saturated carbocycles. The number of nitrogens with zero attached hydrogens (tertiary/aromatic N) is 1. The monoisotopic (exact) mass is 394 g/mol. The highest BCUT2D eigenvalue weighted by molar-refractivity contribution is 7.99. The van der Waals surface area contributed by atoms with Crippen molar-refractivity contribution in [1.82, 2.24) is 10.2 Å². The van der Waals surface area contributed by atoms with E-state index in [2.05, 4.69) is 5.32 Å². The molecule has 1 aliphatic heterocycles. The summed E-state index contributed by atoms with van der Waals surface area (Å²) in [6, 6.07) is 9.36. The molecule has 0 radical (unpaired) electrons. The van der Waals surface area contributed by atoms with Gasteiger partial charge in [0.2, 0.25) is 11.8 Å². The number of rotatable bonds is 10. The summed E-state index contributed by atoms with van der Waals surface area (Å²) in [5.74, 6) is 0.203. The second-order valence-corrected chi connectivity index (χ2v) is 7.43. The van der Waals surface area contributed by atoms with Crippen LogP contribution in [0.4, 0.5) is 0 Å². The number of piperidine rings is 1. The smallest absolute Gasteiger partial charge is 0.313 e. The second-order valence-electron chi connectivity index (χ2n) is 6.33. The molecule has 1 unspecified atom stereocenters. The van der Waals surface area contributed by atoms with Crippen LogP contribution < -0.4 is 10.1 Å². The van der Waals surface area contributed by atoms with Gasteiger partial charge in [-0.1, -0.05) is 18.2 Å². The van der Waals surface area contributed by atoms with Crippen LogP contribution in [0.25, 0.3) is 0 Å². The van der Waals surface area contributed by atoms with Gasteiger partial charge in [0.05, 0.1) is 24.7 Å². The molecule has 7 nitrogen and oxygen atoms in total. The lowest BCUT2D eigenvalue weighted by molar-refractivity contribution is -0.136. The Morgan fingerprint density at radius 2 is 2.04 bits per heavy atom. The Morgan fingerprint density at radius 3 is 2.78 bits per heavy atom. The fraction of sp³-hybridized carbons (Fsp3) is 0.526. The number of thioether (sulfide) groups is 1. The van der Waals surface area contributed by atoms with Gasteiger partial charge in [0.25, 0.3) is 0 Å². The molecule has 1 saturated heterocycles. The summed E-state index contributed by atoms with van der Waals surface area (Å²) in [5, 5.41) is 11.4. The van der Waals surface area contributed by atoms with E-state index in [4.69, 9.17) is 9.84 Å². The topological polar surface area (TPSA) is 95.9 Å². The first kappa shape index (κ1) is 21.1. The van der Waals surface area contributed by atoms with Crippen molar-refractivity contribution in [3.05, 3.63) is 30.3 Å². The molecule has 2 N–H and O–H groups in total. The molecule has 1 aromatic carbocycles. The number of nitrogens with one attached hydrogen (secondary N) is 1. The minimum atomic E-state index is -0.857. The number of carbonyl (C=O) groups excluding carboxylic acids is 2. The van der Waals surface area contributed by atoms with Gasteiger partial charge in [0.15, 0.2) is 0 Å². The van der Waals surface area contributed by atoms with Crippen LogP contribution in [0.2, 0.25) is 0 Å². The summed E-state index contributed by atoms with van der Waals surface area (Å²) < 4.78 is 5.56. The summed E-state index contributed by atoms with van der Waals surface area (Å²) in [7, 11) is 0. The summed E-state index contributed by atoms with van der Waals surface area (Å²) in [4.78, 5) is 36.8. The van der Waals surface area contributed by atoms with Crippen LogP contribution in [0.5, 0.6) is 5.75 Å². The molecule has 8 heteroatoms. The van der Waals surface area contributed by atoms with E-state index in [9.17, 15) is 14.4 Å². The van der Waals surface area contributed by atoms with Crippen molar-refractivity contribution in [2.24, 2.45) is 5.92 Å². The van der Waals surface area contributed by atoms with Gasteiger partial charge in [0.1, 0.15) is 5.75 Å². The molecule has 2 amide bonds. The van der Waals surface area contributed by atoms with E-state index in [1.807, 2.05) is 30.3 Å². The maximum atomic E-state index is 12.4. The minimum Gasteiger partial charge on any atom is -0.493 e. The Balaban J connectivity index is 1.67. The summed E-state index contributed by atoms with van der Waals surface area (Å²) in [5.41, 5.74) is 0. The molecule has 1 aromatic rings. The van der Waals surface area contributed by atoms with Gasteiger partial charge in [-0.3, -0.25) is 14.4 Å². The average Bonchev–Trinajstić information content (AvgIpc) is 2.68. The summed E-state index contributed by atoms with van der Waals surface area (Å²) >= 11 is 1.27. The molecule has 1 atom stereocenters. The van der Waals surface area contributed by atoms with Crippen molar-refractivity contribution in [2.75, 3.05) is 37.7 Å². The molecular weight excluding hydrogens is 368 g/mol. The van der Waals surface area contributed by atoms with E-state index in [1.54, 1.807) is 4.90 Å². The van der Waals surface area contributed by atoms with Gasteiger partial charge in [-0.2, -0.15) is 0 Å². The number of ether oxygens (including phenoxy) is 1. The second kappa shape index (κ2) is 11.5. The highest BCUT2D eigenvalue weighted by atomic mass is 32.2. The van der Waals surface area contributed by atoms with E-state index in [0.29, 0.717) is 32.0 Å². The molecule has 0 spiro atoms. The van der Waals surface area contributed by atoms with Crippen LogP contribution in [-0.4, -0.2) is 65.5 Å². The zero-order valence-electron chi connectivity index (χ0n) is 15.3. The summed E-state index contributed by atoms with van der Waals surface area (Å²) in [6.45, 7) is 1.85. The van der Waals surface area contributed by atoms with Crippen LogP contribution in [0.15, 0.2) is 30.3 Å². The first-order valence-corrected chi connectivity index (χ1v) is 10.2. The zero-order chi connectivity index (χ0) is 19.5. The van der Waals surface area contributed by atoms with Crippen molar-refractivity contribution in [1.29, 1.82) is 0 Å². The molecule has 148 valence electrons. The summed E-state index contributed by atoms with van der Waals surface area (Å²) in [6.07, 6.45) is 1.85. The van der Waals surface area contributed by atoms with Crippen LogP contribution >= 0.6 is 11.8 Å². The Bertz CT molecular complexity index is 626. The van der Waals surface area contributed by atoms with E-state index < -0.39 is 5.97 Å². The number of carbonyl (C=O) groups is 3. The Kier molecular flexibility index (Phi) is 8.97. The standard InChI is InChI=1S/C19H26N2O5S/c22-17(8-11-26-16-6-2-1-3-7-16)21-10-4-5-15(13-21)19(25)20-9-12-27-14-18(23)24/h1-3,6-7,15H,4-5,8-14H2,(H,20,25)(H,23,24). The molecule has 0 aromatic heterocycles. The molecule has 1 aliphatic rings. The Morgan fingerprint density at radius 1 is 1.26 bits per heavy atom. The number of benzene rings is 1. The normalized spacial score (nSPS) is 16.6. The van der Waals surface area contributed by atoms with Gasteiger partial charge in [-0.15, -0.1) is 11.8 Å². The lowest BCUT2D eigenvalue weighted by atomic mass is 9.97. The van der Waals surface area contributed by atoms with E-state index in [1.165, 1.54) is 11.8 Å². The maximum Gasteiger partial charge on any atom is 0.313 e. The average molecular weight is 394 g/mol. The number of hydrogen-bond acceptors (Lipinski definition) is 5. The predicted molar refractivity (Wildman–Crippen MR) is 104 cm³/mol.